The zero-order chi connectivity index (χ0) is 8.04. The molecule has 0 rings (SSSR count). The van der Waals surface area contributed by atoms with Gasteiger partial charge in [-0.05, 0) is 20.3 Å². The first kappa shape index (κ1) is 9.88. The topological polar surface area (TPSA) is 38.7 Å². The van der Waals surface area contributed by atoms with Crippen molar-refractivity contribution in [1.82, 2.24) is 0 Å². The van der Waals surface area contributed by atoms with Crippen LogP contribution in [0.5, 0.6) is 0 Å². The Kier molecular flexibility index (Phi) is 4.60. The van der Waals surface area contributed by atoms with Crippen molar-refractivity contribution in [3.8, 4) is 0 Å². The zero-order valence-corrected chi connectivity index (χ0v) is 6.89. The van der Waals surface area contributed by atoms with Crippen LogP contribution < -0.4 is 0 Å². The van der Waals surface area contributed by atoms with Crippen molar-refractivity contribution in [3.63, 3.8) is 0 Å². The van der Waals surface area contributed by atoms with Crippen molar-refractivity contribution < 1.29 is 14.6 Å². The van der Waals surface area contributed by atoms with E-state index in [1.165, 1.54) is 0 Å². The number of hydrogen-bond donors (Lipinski definition) is 1. The molecule has 3 heteroatoms. The molecule has 0 aromatic heterocycles. The Morgan fingerprint density at radius 3 is 2.30 bits per heavy atom. The van der Waals surface area contributed by atoms with Gasteiger partial charge in [0.15, 0.2) is 5.79 Å². The molecule has 0 aliphatic rings. The number of rotatable bonds is 5. The van der Waals surface area contributed by atoms with E-state index in [9.17, 15) is 0 Å². The summed E-state index contributed by atoms with van der Waals surface area (Å²) in [4.78, 5) is 0. The lowest BCUT2D eigenvalue weighted by molar-refractivity contribution is -0.177. The Labute approximate surface area is 62.0 Å². The van der Waals surface area contributed by atoms with Gasteiger partial charge in [-0.15, -0.1) is 0 Å². The molecule has 3 nitrogen and oxygen atoms in total. The van der Waals surface area contributed by atoms with E-state index in [4.69, 9.17) is 14.6 Å². The van der Waals surface area contributed by atoms with Crippen molar-refractivity contribution in [2.24, 2.45) is 0 Å². The fraction of sp³-hybridized carbons (Fsp3) is 1.00. The fourth-order valence-corrected chi connectivity index (χ4v) is 0.525. The number of hydrogen-bond acceptors (Lipinski definition) is 3. The molecule has 0 atom stereocenters. The maximum atomic E-state index is 9.05. The van der Waals surface area contributed by atoms with Gasteiger partial charge in [-0.25, -0.2) is 0 Å². The highest BCUT2D eigenvalue weighted by Crippen LogP contribution is 2.02. The molecule has 0 fully saturated rings. The van der Waals surface area contributed by atoms with Gasteiger partial charge in [-0.3, -0.25) is 0 Å². The third-order valence-corrected chi connectivity index (χ3v) is 0.948. The van der Waals surface area contributed by atoms with Gasteiger partial charge in [0.25, 0.3) is 0 Å². The quantitative estimate of drug-likeness (QED) is 0.462. The van der Waals surface area contributed by atoms with Crippen LogP contribution in [0.4, 0.5) is 0 Å². The van der Waals surface area contributed by atoms with Crippen LogP contribution in [-0.4, -0.2) is 31.2 Å². The Bertz CT molecular complexity index is 75.4. The standard InChI is InChI=1S/C7H16O3/c1-7(2,8)10-6-4-5-9-3/h8H,4-6H2,1-3H3. The van der Waals surface area contributed by atoms with Gasteiger partial charge in [0.05, 0.1) is 6.61 Å². The van der Waals surface area contributed by atoms with Gasteiger partial charge in [0.1, 0.15) is 0 Å². The zero-order valence-electron chi connectivity index (χ0n) is 6.89. The highest BCUT2D eigenvalue weighted by Gasteiger charge is 2.10. The maximum absolute atomic E-state index is 9.05. The first-order chi connectivity index (χ1) is 4.56. The second-order valence-corrected chi connectivity index (χ2v) is 2.64. The Hall–Kier alpha value is -0.120. The van der Waals surface area contributed by atoms with Crippen LogP contribution in [-0.2, 0) is 9.47 Å². The van der Waals surface area contributed by atoms with Crippen LogP contribution >= 0.6 is 0 Å². The van der Waals surface area contributed by atoms with Crippen molar-refractivity contribution in [2.45, 2.75) is 26.1 Å². The summed E-state index contributed by atoms with van der Waals surface area (Å²) in [6, 6.07) is 0. The fourth-order valence-electron chi connectivity index (χ4n) is 0.525. The smallest absolute Gasteiger partial charge is 0.159 e. The second-order valence-electron chi connectivity index (χ2n) is 2.64. The molecule has 1 N–H and O–H groups in total. The Morgan fingerprint density at radius 2 is 1.90 bits per heavy atom. The van der Waals surface area contributed by atoms with Crippen LogP contribution in [0, 0.1) is 0 Å². The summed E-state index contributed by atoms with van der Waals surface area (Å²) in [6.45, 7) is 4.44. The molecule has 0 bridgehead atoms. The largest absolute Gasteiger partial charge is 0.385 e. The van der Waals surface area contributed by atoms with E-state index >= 15 is 0 Å². The first-order valence-corrected chi connectivity index (χ1v) is 3.41. The van der Waals surface area contributed by atoms with Crippen LogP contribution in [0.3, 0.4) is 0 Å². The van der Waals surface area contributed by atoms with E-state index in [0.717, 1.165) is 6.42 Å². The predicted molar refractivity (Wildman–Crippen MR) is 38.7 cm³/mol. The third-order valence-electron chi connectivity index (χ3n) is 0.948. The summed E-state index contributed by atoms with van der Waals surface area (Å²) >= 11 is 0. The minimum absolute atomic E-state index is 0.539. The SMILES string of the molecule is COCCCOC(C)(C)O. The van der Waals surface area contributed by atoms with E-state index in [-0.39, 0.29) is 0 Å². The van der Waals surface area contributed by atoms with Crippen LogP contribution in [0.25, 0.3) is 0 Å². The molecule has 0 aromatic carbocycles. The van der Waals surface area contributed by atoms with E-state index < -0.39 is 5.79 Å². The Morgan fingerprint density at radius 1 is 1.30 bits per heavy atom. The summed E-state index contributed by atoms with van der Waals surface area (Å²) in [7, 11) is 1.64. The lowest BCUT2D eigenvalue weighted by Gasteiger charge is -2.17. The molecule has 0 amide bonds. The second kappa shape index (κ2) is 4.66. The summed E-state index contributed by atoms with van der Waals surface area (Å²) in [5.41, 5.74) is 0. The number of ether oxygens (including phenoxy) is 2. The van der Waals surface area contributed by atoms with Crippen LogP contribution in [0.2, 0.25) is 0 Å². The minimum atomic E-state index is -1.01. The molecule has 0 unspecified atom stereocenters. The average molecular weight is 148 g/mol. The van der Waals surface area contributed by atoms with Crippen LogP contribution in [0.1, 0.15) is 20.3 Å². The van der Waals surface area contributed by atoms with Crippen molar-refractivity contribution >= 4 is 0 Å². The highest BCUT2D eigenvalue weighted by atomic mass is 16.6. The monoisotopic (exact) mass is 148 g/mol. The minimum Gasteiger partial charge on any atom is -0.385 e. The molecule has 10 heavy (non-hydrogen) atoms. The number of methoxy groups -OCH3 is 1. The van der Waals surface area contributed by atoms with Gasteiger partial charge in [-0.2, -0.15) is 0 Å². The molecule has 62 valence electrons. The third kappa shape index (κ3) is 7.88. The summed E-state index contributed by atoms with van der Waals surface area (Å²) < 4.78 is 9.80. The van der Waals surface area contributed by atoms with Gasteiger partial charge in [0.2, 0.25) is 0 Å². The molecular weight excluding hydrogens is 132 g/mol. The number of aliphatic hydroxyl groups is 1. The van der Waals surface area contributed by atoms with E-state index in [0.29, 0.717) is 13.2 Å². The van der Waals surface area contributed by atoms with E-state index in [2.05, 4.69) is 0 Å². The Balaban J connectivity index is 3.04. The summed E-state index contributed by atoms with van der Waals surface area (Å²) in [5, 5.41) is 9.05. The van der Waals surface area contributed by atoms with Gasteiger partial charge in [-0.1, -0.05) is 0 Å². The van der Waals surface area contributed by atoms with E-state index in [1.54, 1.807) is 21.0 Å². The molecule has 0 aliphatic carbocycles. The average Bonchev–Trinajstić information content (AvgIpc) is 1.78. The van der Waals surface area contributed by atoms with Gasteiger partial charge >= 0.3 is 0 Å². The van der Waals surface area contributed by atoms with Crippen molar-refractivity contribution in [2.75, 3.05) is 20.3 Å². The summed E-state index contributed by atoms with van der Waals surface area (Å²) in [5.74, 6) is -1.01. The first-order valence-electron chi connectivity index (χ1n) is 3.41. The predicted octanol–water partition coefficient (Wildman–Crippen LogP) is 0.768. The van der Waals surface area contributed by atoms with Gasteiger partial charge < -0.3 is 14.6 Å². The molecule has 0 heterocycles. The van der Waals surface area contributed by atoms with Crippen molar-refractivity contribution in [1.29, 1.82) is 0 Å². The summed E-state index contributed by atoms with van der Waals surface area (Å²) in [6.07, 6.45) is 0.820. The van der Waals surface area contributed by atoms with Crippen LogP contribution in [0.15, 0.2) is 0 Å². The molecule has 0 saturated heterocycles. The molecule has 0 radical (unpaired) electrons. The lowest BCUT2D eigenvalue weighted by atomic mass is 10.4. The molecule has 0 saturated carbocycles. The maximum Gasteiger partial charge on any atom is 0.159 e. The highest BCUT2D eigenvalue weighted by molar-refractivity contribution is 4.47. The molecular formula is C7H16O3. The molecule has 0 spiro atoms. The lowest BCUT2D eigenvalue weighted by Crippen LogP contribution is -2.24. The van der Waals surface area contributed by atoms with Gasteiger partial charge in [0, 0.05) is 13.7 Å². The van der Waals surface area contributed by atoms with Crippen molar-refractivity contribution in [3.05, 3.63) is 0 Å². The normalized spacial score (nSPS) is 12.0. The molecule has 0 aliphatic heterocycles. The van der Waals surface area contributed by atoms with E-state index in [1.807, 2.05) is 0 Å². The molecule has 0 aromatic rings.